The zero-order valence-corrected chi connectivity index (χ0v) is 5.33. The number of esters is 1. The van der Waals surface area contributed by atoms with Crippen LogP contribution in [0.1, 0.15) is 6.42 Å². The van der Waals surface area contributed by atoms with Crippen molar-refractivity contribution in [1.29, 1.82) is 0 Å². The Labute approximate surface area is 59.2 Å². The van der Waals surface area contributed by atoms with Crippen LogP contribution in [0.5, 0.6) is 0 Å². The summed E-state index contributed by atoms with van der Waals surface area (Å²) in [6.45, 7) is 0. The van der Waals surface area contributed by atoms with E-state index in [0.717, 1.165) is 0 Å². The van der Waals surface area contributed by atoms with Gasteiger partial charge in [-0.1, -0.05) is 12.2 Å². The van der Waals surface area contributed by atoms with E-state index in [9.17, 15) is 4.79 Å². The Hall–Kier alpha value is -1.49. The van der Waals surface area contributed by atoms with Crippen molar-refractivity contribution in [2.24, 2.45) is 0 Å². The maximum Gasteiger partial charge on any atom is 0.389 e. The molecule has 50 valence electrons. The van der Waals surface area contributed by atoms with E-state index in [-0.39, 0.29) is 0 Å². The van der Waals surface area contributed by atoms with Crippen LogP contribution in [0.2, 0.25) is 0 Å². The standard InChI is InChI=1S/C8H6O2/c1-2-8(9)10-7-5-3-4-6-7/h1,3-5H,6H2. The Kier molecular flexibility index (Phi) is 1.91. The van der Waals surface area contributed by atoms with Gasteiger partial charge >= 0.3 is 5.97 Å². The predicted octanol–water partition coefficient (Wildman–Crippen LogP) is 1.01. The highest BCUT2D eigenvalue weighted by Gasteiger charge is 2.03. The zero-order valence-electron chi connectivity index (χ0n) is 5.33. The maximum atomic E-state index is 10.4. The van der Waals surface area contributed by atoms with Crippen molar-refractivity contribution in [3.8, 4) is 12.3 Å². The van der Waals surface area contributed by atoms with E-state index in [1.54, 1.807) is 6.08 Å². The van der Waals surface area contributed by atoms with Gasteiger partial charge in [0, 0.05) is 12.3 Å². The molecule has 2 nitrogen and oxygen atoms in total. The van der Waals surface area contributed by atoms with Crippen LogP contribution in [0.3, 0.4) is 0 Å². The molecule has 10 heavy (non-hydrogen) atoms. The highest BCUT2D eigenvalue weighted by molar-refractivity contribution is 5.88. The van der Waals surface area contributed by atoms with Crippen LogP contribution < -0.4 is 0 Å². The summed E-state index contributed by atoms with van der Waals surface area (Å²) in [5.74, 6) is 1.85. The molecule has 0 heterocycles. The minimum atomic E-state index is -0.630. The monoisotopic (exact) mass is 134 g/mol. The maximum absolute atomic E-state index is 10.4. The van der Waals surface area contributed by atoms with Crippen molar-refractivity contribution in [2.45, 2.75) is 6.42 Å². The van der Waals surface area contributed by atoms with Gasteiger partial charge in [0.25, 0.3) is 0 Å². The fourth-order valence-electron chi connectivity index (χ4n) is 0.652. The lowest BCUT2D eigenvalue weighted by atomic mass is 10.4. The Bertz CT molecular complexity index is 240. The van der Waals surface area contributed by atoms with Gasteiger partial charge in [-0.25, -0.2) is 4.79 Å². The molecular weight excluding hydrogens is 128 g/mol. The topological polar surface area (TPSA) is 26.3 Å². The summed E-state index contributed by atoms with van der Waals surface area (Å²) in [4.78, 5) is 10.4. The van der Waals surface area contributed by atoms with Crippen LogP contribution in [-0.2, 0) is 9.53 Å². The number of carbonyl (C=O) groups excluding carboxylic acids is 1. The molecule has 0 aromatic heterocycles. The van der Waals surface area contributed by atoms with Gasteiger partial charge in [-0.05, 0) is 6.08 Å². The Balaban J connectivity index is 2.42. The van der Waals surface area contributed by atoms with Gasteiger partial charge in [0.05, 0.1) is 0 Å². The van der Waals surface area contributed by atoms with E-state index in [2.05, 4.69) is 4.74 Å². The summed E-state index contributed by atoms with van der Waals surface area (Å²) in [7, 11) is 0. The van der Waals surface area contributed by atoms with E-state index < -0.39 is 5.97 Å². The summed E-state index contributed by atoms with van der Waals surface area (Å²) in [6.07, 6.45) is 10.9. The Morgan fingerprint density at radius 2 is 2.60 bits per heavy atom. The summed E-state index contributed by atoms with van der Waals surface area (Å²) in [5.41, 5.74) is 0. The molecular formula is C8H6O2. The third kappa shape index (κ3) is 1.49. The van der Waals surface area contributed by atoms with Crippen molar-refractivity contribution in [2.75, 3.05) is 0 Å². The van der Waals surface area contributed by atoms with Gasteiger partial charge in [-0.2, -0.15) is 0 Å². The highest BCUT2D eigenvalue weighted by Crippen LogP contribution is 2.10. The molecule has 0 aromatic carbocycles. The molecule has 0 spiro atoms. The van der Waals surface area contributed by atoms with E-state index in [4.69, 9.17) is 6.42 Å². The number of terminal acetylenes is 1. The molecule has 0 saturated heterocycles. The van der Waals surface area contributed by atoms with Gasteiger partial charge in [0.1, 0.15) is 5.76 Å². The fourth-order valence-corrected chi connectivity index (χ4v) is 0.652. The molecule has 0 N–H and O–H groups in total. The largest absolute Gasteiger partial charge is 0.421 e. The second-order valence-electron chi connectivity index (χ2n) is 1.80. The first-order valence-electron chi connectivity index (χ1n) is 2.87. The van der Waals surface area contributed by atoms with E-state index in [1.165, 1.54) is 0 Å². The van der Waals surface area contributed by atoms with Crippen LogP contribution in [0.25, 0.3) is 0 Å². The number of rotatable bonds is 1. The lowest BCUT2D eigenvalue weighted by molar-refractivity contribution is -0.132. The first-order chi connectivity index (χ1) is 4.83. The van der Waals surface area contributed by atoms with Crippen molar-refractivity contribution in [1.82, 2.24) is 0 Å². The molecule has 0 atom stereocenters. The lowest BCUT2D eigenvalue weighted by Crippen LogP contribution is -1.98. The number of ether oxygens (including phenoxy) is 1. The fraction of sp³-hybridized carbons (Fsp3) is 0.125. The minimum Gasteiger partial charge on any atom is -0.421 e. The summed E-state index contributed by atoms with van der Waals surface area (Å²) < 4.78 is 4.68. The van der Waals surface area contributed by atoms with E-state index in [1.807, 2.05) is 18.1 Å². The van der Waals surface area contributed by atoms with Crippen LogP contribution in [0.15, 0.2) is 24.0 Å². The Morgan fingerprint density at radius 3 is 3.10 bits per heavy atom. The number of carbonyl (C=O) groups is 1. The van der Waals surface area contributed by atoms with Crippen molar-refractivity contribution < 1.29 is 9.53 Å². The predicted molar refractivity (Wildman–Crippen MR) is 36.8 cm³/mol. The SMILES string of the molecule is C#CC(=O)OC1=CC=CC1. The van der Waals surface area contributed by atoms with E-state index in [0.29, 0.717) is 12.2 Å². The second kappa shape index (κ2) is 2.88. The molecule has 1 rings (SSSR count). The van der Waals surface area contributed by atoms with Gasteiger partial charge in [0.15, 0.2) is 0 Å². The summed E-state index contributed by atoms with van der Waals surface area (Å²) in [6, 6.07) is 0. The van der Waals surface area contributed by atoms with E-state index >= 15 is 0 Å². The van der Waals surface area contributed by atoms with Gasteiger partial charge in [-0.15, -0.1) is 6.42 Å². The molecule has 0 aliphatic heterocycles. The number of hydrogen-bond acceptors (Lipinski definition) is 2. The second-order valence-corrected chi connectivity index (χ2v) is 1.80. The minimum absolute atomic E-state index is 0.614. The average Bonchev–Trinajstić information content (AvgIpc) is 2.40. The molecule has 2 heteroatoms. The quantitative estimate of drug-likeness (QED) is 0.304. The molecule has 0 saturated carbocycles. The van der Waals surface area contributed by atoms with Crippen LogP contribution in [0, 0.1) is 12.3 Å². The summed E-state index contributed by atoms with van der Waals surface area (Å²) in [5, 5.41) is 0. The third-order valence-corrected chi connectivity index (χ3v) is 1.08. The molecule has 0 amide bonds. The normalized spacial score (nSPS) is 14.1. The summed E-state index contributed by atoms with van der Waals surface area (Å²) >= 11 is 0. The zero-order chi connectivity index (χ0) is 7.40. The van der Waals surface area contributed by atoms with Crippen molar-refractivity contribution in [3.63, 3.8) is 0 Å². The molecule has 1 aliphatic carbocycles. The third-order valence-electron chi connectivity index (χ3n) is 1.08. The molecule has 0 fully saturated rings. The molecule has 1 aliphatic rings. The van der Waals surface area contributed by atoms with Crippen LogP contribution in [0.4, 0.5) is 0 Å². The van der Waals surface area contributed by atoms with Crippen LogP contribution in [-0.4, -0.2) is 5.97 Å². The van der Waals surface area contributed by atoms with Gasteiger partial charge < -0.3 is 4.74 Å². The first-order valence-corrected chi connectivity index (χ1v) is 2.87. The van der Waals surface area contributed by atoms with Gasteiger partial charge in [-0.3, -0.25) is 0 Å². The van der Waals surface area contributed by atoms with Gasteiger partial charge in [0.2, 0.25) is 0 Å². The van der Waals surface area contributed by atoms with Crippen molar-refractivity contribution >= 4 is 5.97 Å². The Morgan fingerprint density at radius 1 is 1.80 bits per heavy atom. The number of allylic oxidation sites excluding steroid dienone is 3. The molecule has 0 radical (unpaired) electrons. The smallest absolute Gasteiger partial charge is 0.389 e. The average molecular weight is 134 g/mol. The van der Waals surface area contributed by atoms with Crippen LogP contribution >= 0.6 is 0 Å². The lowest BCUT2D eigenvalue weighted by Gasteiger charge is -1.97. The molecule has 0 bridgehead atoms. The first kappa shape index (κ1) is 6.63. The van der Waals surface area contributed by atoms with Crippen molar-refractivity contribution in [3.05, 3.63) is 24.0 Å². The highest BCUT2D eigenvalue weighted by atomic mass is 16.5. The molecule has 0 unspecified atom stereocenters. The molecule has 0 aromatic rings. The number of hydrogen-bond donors (Lipinski definition) is 0.